The number of hydrogen-bond acceptors (Lipinski definition) is 2. The zero-order valence-electron chi connectivity index (χ0n) is 11.5. The van der Waals surface area contributed by atoms with Crippen molar-refractivity contribution in [3.63, 3.8) is 0 Å². The molecule has 4 heteroatoms. The molecule has 0 unspecified atom stereocenters. The van der Waals surface area contributed by atoms with Crippen LogP contribution in [0.3, 0.4) is 0 Å². The van der Waals surface area contributed by atoms with Gasteiger partial charge in [-0.05, 0) is 65.0 Å². The summed E-state index contributed by atoms with van der Waals surface area (Å²) in [4.78, 5) is 26.9. The van der Waals surface area contributed by atoms with Crippen LogP contribution < -0.4 is 0 Å². The molecule has 5 rings (SSSR count). The lowest BCUT2D eigenvalue weighted by molar-refractivity contribution is -0.140. The standard InChI is InChI=1S/C17H16INO2/c18-13-7-1-10(2-8-13)9-19-16(20)14-11-3-4-12(6-5-11)15(14)17(19)21/h1-4,7-8,11-12,14-15H,5-6,9H2/t11-,12-,14-,15-/m1/s1. The molecule has 2 bridgehead atoms. The van der Waals surface area contributed by atoms with Gasteiger partial charge in [-0.1, -0.05) is 24.3 Å². The van der Waals surface area contributed by atoms with Crippen molar-refractivity contribution in [3.8, 4) is 0 Å². The highest BCUT2D eigenvalue weighted by Crippen LogP contribution is 2.49. The van der Waals surface area contributed by atoms with Crippen LogP contribution in [0, 0.1) is 27.2 Å². The van der Waals surface area contributed by atoms with Gasteiger partial charge in [0.1, 0.15) is 0 Å². The van der Waals surface area contributed by atoms with Gasteiger partial charge in [0.05, 0.1) is 18.4 Å². The largest absolute Gasteiger partial charge is 0.278 e. The number of imide groups is 1. The number of carbonyl (C=O) groups excluding carboxylic acids is 2. The van der Waals surface area contributed by atoms with E-state index in [9.17, 15) is 9.59 Å². The number of fused-ring (bicyclic) bond motifs is 1. The van der Waals surface area contributed by atoms with Gasteiger partial charge < -0.3 is 0 Å². The Morgan fingerprint density at radius 1 is 0.952 bits per heavy atom. The van der Waals surface area contributed by atoms with Crippen LogP contribution in [0.15, 0.2) is 36.4 Å². The van der Waals surface area contributed by atoms with Gasteiger partial charge in [0, 0.05) is 3.57 Å². The Morgan fingerprint density at radius 3 is 1.95 bits per heavy atom. The maximum atomic E-state index is 12.7. The Kier molecular flexibility index (Phi) is 3.17. The maximum Gasteiger partial charge on any atom is 0.234 e. The Hall–Kier alpha value is -1.17. The van der Waals surface area contributed by atoms with Crippen molar-refractivity contribution in [1.82, 2.24) is 4.90 Å². The van der Waals surface area contributed by atoms with E-state index in [1.165, 1.54) is 4.90 Å². The van der Waals surface area contributed by atoms with E-state index in [0.717, 1.165) is 22.0 Å². The second-order valence-corrected chi connectivity index (χ2v) is 7.48. The molecule has 1 heterocycles. The first-order valence-electron chi connectivity index (χ1n) is 7.43. The minimum Gasteiger partial charge on any atom is -0.278 e. The smallest absolute Gasteiger partial charge is 0.234 e. The summed E-state index contributed by atoms with van der Waals surface area (Å²) in [6.45, 7) is 0.418. The number of hydrogen-bond donors (Lipinski definition) is 0. The molecule has 0 aromatic heterocycles. The van der Waals surface area contributed by atoms with E-state index in [1.54, 1.807) is 0 Å². The fourth-order valence-electron chi connectivity index (χ4n) is 4.06. The second kappa shape index (κ2) is 4.93. The quantitative estimate of drug-likeness (QED) is 0.440. The maximum absolute atomic E-state index is 12.7. The minimum absolute atomic E-state index is 0.0441. The number of rotatable bonds is 2. The third kappa shape index (κ3) is 2.06. The lowest BCUT2D eigenvalue weighted by atomic mass is 9.63. The van der Waals surface area contributed by atoms with Crippen molar-refractivity contribution in [2.75, 3.05) is 0 Å². The molecule has 0 spiro atoms. The van der Waals surface area contributed by atoms with Crippen LogP contribution in [0.5, 0.6) is 0 Å². The number of allylic oxidation sites excluding steroid dienone is 2. The molecule has 1 aromatic rings. The zero-order valence-corrected chi connectivity index (χ0v) is 13.7. The Bertz CT molecular complexity index is 605. The van der Waals surface area contributed by atoms with E-state index in [-0.39, 0.29) is 35.5 Å². The Labute approximate surface area is 137 Å². The highest BCUT2D eigenvalue weighted by Gasteiger charge is 2.56. The molecule has 21 heavy (non-hydrogen) atoms. The second-order valence-electron chi connectivity index (χ2n) is 6.23. The normalized spacial score (nSPS) is 33.7. The van der Waals surface area contributed by atoms with Gasteiger partial charge in [0.2, 0.25) is 11.8 Å². The van der Waals surface area contributed by atoms with Gasteiger partial charge in [-0.2, -0.15) is 0 Å². The molecule has 3 aliphatic carbocycles. The number of carbonyl (C=O) groups is 2. The van der Waals surface area contributed by atoms with E-state index in [1.807, 2.05) is 24.3 Å². The predicted octanol–water partition coefficient (Wildman–Crippen LogP) is 2.99. The number of likely N-dealkylation sites (tertiary alicyclic amines) is 1. The third-order valence-electron chi connectivity index (χ3n) is 5.10. The average molecular weight is 393 g/mol. The Balaban J connectivity index is 1.61. The average Bonchev–Trinajstić information content (AvgIpc) is 2.78. The molecule has 2 fully saturated rings. The Morgan fingerprint density at radius 2 is 1.48 bits per heavy atom. The molecule has 1 aromatic carbocycles. The molecule has 4 aliphatic rings. The summed E-state index contributed by atoms with van der Waals surface area (Å²) in [7, 11) is 0. The first-order valence-corrected chi connectivity index (χ1v) is 8.51. The van der Waals surface area contributed by atoms with E-state index < -0.39 is 0 Å². The fourth-order valence-corrected chi connectivity index (χ4v) is 4.42. The van der Waals surface area contributed by atoms with E-state index >= 15 is 0 Å². The molecule has 2 amide bonds. The monoisotopic (exact) mass is 393 g/mol. The summed E-state index contributed by atoms with van der Waals surface area (Å²) in [5, 5.41) is 0. The third-order valence-corrected chi connectivity index (χ3v) is 5.82. The summed E-state index contributed by atoms with van der Waals surface area (Å²) in [5.74, 6) is 0.455. The number of nitrogens with zero attached hydrogens (tertiary/aromatic N) is 1. The molecular weight excluding hydrogens is 377 g/mol. The number of amides is 2. The molecular formula is C17H16INO2. The topological polar surface area (TPSA) is 37.4 Å². The first kappa shape index (κ1) is 13.5. The van der Waals surface area contributed by atoms with Crippen molar-refractivity contribution < 1.29 is 9.59 Å². The zero-order chi connectivity index (χ0) is 14.6. The van der Waals surface area contributed by atoms with Gasteiger partial charge in [-0.15, -0.1) is 0 Å². The lowest BCUT2D eigenvalue weighted by Gasteiger charge is -2.38. The van der Waals surface area contributed by atoms with Crippen LogP contribution in [0.4, 0.5) is 0 Å². The first-order chi connectivity index (χ1) is 10.1. The molecule has 108 valence electrons. The van der Waals surface area contributed by atoms with E-state index in [2.05, 4.69) is 34.7 Å². The van der Waals surface area contributed by atoms with Gasteiger partial charge in [-0.3, -0.25) is 14.5 Å². The number of halogens is 1. The molecule has 1 saturated heterocycles. The summed E-state index contributed by atoms with van der Waals surface area (Å²) in [6.07, 6.45) is 6.43. The summed E-state index contributed by atoms with van der Waals surface area (Å²) in [5.41, 5.74) is 1.02. The van der Waals surface area contributed by atoms with Gasteiger partial charge in [0.25, 0.3) is 0 Å². The van der Waals surface area contributed by atoms with E-state index in [0.29, 0.717) is 6.54 Å². The molecule has 1 aliphatic heterocycles. The summed E-state index contributed by atoms with van der Waals surface area (Å²) >= 11 is 2.25. The van der Waals surface area contributed by atoms with Crippen molar-refractivity contribution in [3.05, 3.63) is 45.6 Å². The van der Waals surface area contributed by atoms with Gasteiger partial charge in [0.15, 0.2) is 0 Å². The lowest BCUT2D eigenvalue weighted by Crippen LogP contribution is -2.38. The van der Waals surface area contributed by atoms with Crippen LogP contribution in [-0.4, -0.2) is 16.7 Å². The highest BCUT2D eigenvalue weighted by atomic mass is 127. The highest BCUT2D eigenvalue weighted by molar-refractivity contribution is 14.1. The molecule has 1 saturated carbocycles. The predicted molar refractivity (Wildman–Crippen MR) is 87.1 cm³/mol. The molecule has 0 N–H and O–H groups in total. The van der Waals surface area contributed by atoms with Gasteiger partial charge in [-0.25, -0.2) is 0 Å². The van der Waals surface area contributed by atoms with E-state index in [4.69, 9.17) is 0 Å². The van der Waals surface area contributed by atoms with Gasteiger partial charge >= 0.3 is 0 Å². The minimum atomic E-state index is -0.0925. The van der Waals surface area contributed by atoms with Crippen molar-refractivity contribution >= 4 is 34.4 Å². The SMILES string of the molecule is O=C1[C@H]2[C@H](C(=O)N1Cc1ccc(I)cc1)[C@@H]1C=C[C@@H]2CC1. The van der Waals surface area contributed by atoms with Crippen molar-refractivity contribution in [1.29, 1.82) is 0 Å². The van der Waals surface area contributed by atoms with Crippen LogP contribution >= 0.6 is 22.6 Å². The van der Waals surface area contributed by atoms with Crippen molar-refractivity contribution in [2.45, 2.75) is 19.4 Å². The molecule has 4 atom stereocenters. The van der Waals surface area contributed by atoms with Crippen molar-refractivity contribution in [2.24, 2.45) is 23.7 Å². The fraction of sp³-hybridized carbons (Fsp3) is 0.412. The van der Waals surface area contributed by atoms with Crippen LogP contribution in [0.1, 0.15) is 18.4 Å². The summed E-state index contributed by atoms with van der Waals surface area (Å²) in [6, 6.07) is 8.02. The number of benzene rings is 1. The summed E-state index contributed by atoms with van der Waals surface area (Å²) < 4.78 is 1.16. The van der Waals surface area contributed by atoms with Crippen LogP contribution in [-0.2, 0) is 16.1 Å². The van der Waals surface area contributed by atoms with Crippen LogP contribution in [0.2, 0.25) is 0 Å². The molecule has 0 radical (unpaired) electrons. The van der Waals surface area contributed by atoms with Crippen LogP contribution in [0.25, 0.3) is 0 Å². The molecule has 3 nitrogen and oxygen atoms in total.